The molecule has 2 heterocycles. The number of H-pyrrole nitrogens is 1. The van der Waals surface area contributed by atoms with Crippen molar-refractivity contribution in [3.63, 3.8) is 0 Å². The van der Waals surface area contributed by atoms with Gasteiger partial charge in [0.1, 0.15) is 16.1 Å². The van der Waals surface area contributed by atoms with Crippen molar-refractivity contribution in [2.24, 2.45) is 0 Å². The van der Waals surface area contributed by atoms with Crippen molar-refractivity contribution < 1.29 is 14.7 Å². The molecule has 0 aliphatic rings. The smallest absolute Gasteiger partial charge is 0.339 e. The maximum Gasteiger partial charge on any atom is 0.339 e. The second kappa shape index (κ2) is 7.54. The molecule has 0 fully saturated rings. The number of halogens is 1. The third-order valence-electron chi connectivity index (χ3n) is 4.42. The van der Waals surface area contributed by atoms with Crippen LogP contribution in [0.15, 0.2) is 64.9 Å². The molecule has 6 nitrogen and oxygen atoms in total. The minimum absolute atomic E-state index is 0.0390. The fourth-order valence-electron chi connectivity index (χ4n) is 3.01. The van der Waals surface area contributed by atoms with E-state index in [1.807, 2.05) is 0 Å². The first-order valence-corrected chi connectivity index (χ1v) is 9.74. The van der Waals surface area contributed by atoms with Crippen LogP contribution in [0.4, 0.5) is 5.00 Å². The summed E-state index contributed by atoms with van der Waals surface area (Å²) in [5.74, 6) is -1.86. The number of pyridine rings is 1. The average Bonchev–Trinajstić information content (AvgIpc) is 3.12. The molecule has 2 aromatic heterocycles. The Hall–Kier alpha value is -3.42. The van der Waals surface area contributed by atoms with Gasteiger partial charge in [-0.25, -0.2) is 4.79 Å². The molecular weight excluding hydrogens is 412 g/mol. The lowest BCUT2D eigenvalue weighted by atomic mass is 10.0. The summed E-state index contributed by atoms with van der Waals surface area (Å²) in [6.07, 6.45) is 1.33. The van der Waals surface area contributed by atoms with Crippen LogP contribution in [0, 0.1) is 0 Å². The highest BCUT2D eigenvalue weighted by atomic mass is 35.5. The van der Waals surface area contributed by atoms with Gasteiger partial charge < -0.3 is 15.4 Å². The van der Waals surface area contributed by atoms with Crippen LogP contribution >= 0.6 is 22.9 Å². The van der Waals surface area contributed by atoms with Gasteiger partial charge in [0.25, 0.3) is 5.91 Å². The zero-order chi connectivity index (χ0) is 20.5. The van der Waals surface area contributed by atoms with Crippen molar-refractivity contribution in [1.82, 2.24) is 4.98 Å². The number of nitrogens with one attached hydrogen (secondary N) is 2. The number of carboxylic acids is 1. The molecule has 0 radical (unpaired) electrons. The molecule has 0 aliphatic carbocycles. The molecule has 0 saturated carbocycles. The number of carboxylic acid groups (broad SMARTS) is 1. The van der Waals surface area contributed by atoms with Gasteiger partial charge in [-0.2, -0.15) is 0 Å². The molecule has 1 amide bonds. The van der Waals surface area contributed by atoms with Crippen LogP contribution in [-0.4, -0.2) is 22.0 Å². The number of aromatic carboxylic acids is 1. The predicted octanol–water partition coefficient (Wildman–Crippen LogP) is 4.86. The van der Waals surface area contributed by atoms with E-state index in [1.165, 1.54) is 6.20 Å². The van der Waals surface area contributed by atoms with Crippen molar-refractivity contribution in [3.8, 4) is 11.1 Å². The molecule has 144 valence electrons. The molecule has 3 N–H and O–H groups in total. The molecule has 0 saturated heterocycles. The minimum Gasteiger partial charge on any atom is -0.478 e. The maximum atomic E-state index is 12.7. The van der Waals surface area contributed by atoms with Crippen LogP contribution in [0.25, 0.3) is 22.0 Å². The SMILES string of the molecule is O=C(O)c1c(-c2ccc(Cl)cc2)csc1NC(=O)c1c[nH]c2ccccc2c1=O. The Morgan fingerprint density at radius 1 is 1.07 bits per heavy atom. The van der Waals surface area contributed by atoms with Gasteiger partial charge in [-0.15, -0.1) is 11.3 Å². The van der Waals surface area contributed by atoms with E-state index in [-0.39, 0.29) is 16.1 Å². The molecule has 0 aliphatic heterocycles. The number of hydrogen-bond acceptors (Lipinski definition) is 4. The van der Waals surface area contributed by atoms with Gasteiger partial charge in [0.05, 0.1) is 0 Å². The molecule has 2 aromatic carbocycles. The van der Waals surface area contributed by atoms with Crippen molar-refractivity contribution in [2.75, 3.05) is 5.32 Å². The van der Waals surface area contributed by atoms with Crippen LogP contribution in [0.5, 0.6) is 0 Å². The van der Waals surface area contributed by atoms with Crippen LogP contribution in [-0.2, 0) is 0 Å². The molecule has 0 spiro atoms. The monoisotopic (exact) mass is 424 g/mol. The van der Waals surface area contributed by atoms with Gasteiger partial charge in [0.2, 0.25) is 5.43 Å². The van der Waals surface area contributed by atoms with Gasteiger partial charge in [-0.3, -0.25) is 9.59 Å². The number of rotatable bonds is 4. The summed E-state index contributed by atoms with van der Waals surface area (Å²) in [6.45, 7) is 0. The standard InChI is InChI=1S/C21H13ClN2O4S/c22-12-7-5-11(6-8-12)15-10-29-20(17(15)21(27)28)24-19(26)14-9-23-16-4-2-1-3-13(16)18(14)25/h1-10H,(H,23,25)(H,24,26)(H,27,28). The molecule has 29 heavy (non-hydrogen) atoms. The Morgan fingerprint density at radius 3 is 2.52 bits per heavy atom. The number of anilines is 1. The zero-order valence-electron chi connectivity index (χ0n) is 14.7. The van der Waals surface area contributed by atoms with E-state index in [9.17, 15) is 19.5 Å². The van der Waals surface area contributed by atoms with E-state index < -0.39 is 17.3 Å². The quantitative estimate of drug-likeness (QED) is 0.435. The normalized spacial score (nSPS) is 10.8. The Kier molecular flexibility index (Phi) is 4.92. The van der Waals surface area contributed by atoms with Crippen LogP contribution in [0.2, 0.25) is 5.02 Å². The van der Waals surface area contributed by atoms with E-state index in [1.54, 1.807) is 53.9 Å². The Balaban J connectivity index is 1.72. The number of aromatic nitrogens is 1. The molecule has 4 rings (SSSR count). The third kappa shape index (κ3) is 3.53. The fourth-order valence-corrected chi connectivity index (χ4v) is 4.09. The van der Waals surface area contributed by atoms with Gasteiger partial charge in [-0.1, -0.05) is 35.9 Å². The Labute approximate surface area is 173 Å². The van der Waals surface area contributed by atoms with Crippen molar-refractivity contribution in [3.05, 3.63) is 86.5 Å². The van der Waals surface area contributed by atoms with Gasteiger partial charge >= 0.3 is 5.97 Å². The lowest BCUT2D eigenvalue weighted by molar-refractivity contribution is 0.0699. The predicted molar refractivity (Wildman–Crippen MR) is 114 cm³/mol. The Bertz CT molecular complexity index is 1310. The number of amides is 1. The third-order valence-corrected chi connectivity index (χ3v) is 5.57. The average molecular weight is 425 g/mol. The number of carbonyl (C=O) groups excluding carboxylic acids is 1. The van der Waals surface area contributed by atoms with Gasteiger partial charge in [0, 0.05) is 33.1 Å². The second-order valence-corrected chi connectivity index (χ2v) is 7.51. The van der Waals surface area contributed by atoms with Gasteiger partial charge in [0.15, 0.2) is 0 Å². The van der Waals surface area contributed by atoms with Gasteiger partial charge in [-0.05, 0) is 29.8 Å². The largest absolute Gasteiger partial charge is 0.478 e. The van der Waals surface area contributed by atoms with Crippen molar-refractivity contribution >= 4 is 50.7 Å². The highest BCUT2D eigenvalue weighted by Gasteiger charge is 2.22. The second-order valence-electron chi connectivity index (χ2n) is 6.20. The van der Waals surface area contributed by atoms with E-state index in [2.05, 4.69) is 10.3 Å². The number of carbonyl (C=O) groups is 2. The highest BCUT2D eigenvalue weighted by molar-refractivity contribution is 7.15. The summed E-state index contributed by atoms with van der Waals surface area (Å²) in [5, 5.41) is 15.0. The summed E-state index contributed by atoms with van der Waals surface area (Å²) >= 11 is 6.97. The number of aromatic amines is 1. The fraction of sp³-hybridized carbons (Fsp3) is 0. The lowest BCUT2D eigenvalue weighted by Crippen LogP contribution is -2.22. The minimum atomic E-state index is -1.18. The summed E-state index contributed by atoms with van der Waals surface area (Å²) in [4.78, 5) is 40.1. The molecule has 0 atom stereocenters. The lowest BCUT2D eigenvalue weighted by Gasteiger charge is -2.07. The summed E-state index contributed by atoms with van der Waals surface area (Å²) in [6, 6.07) is 13.6. The van der Waals surface area contributed by atoms with Crippen LogP contribution < -0.4 is 10.7 Å². The molecule has 8 heteroatoms. The summed E-state index contributed by atoms with van der Waals surface area (Å²) in [5.41, 5.74) is 1.17. The van der Waals surface area contributed by atoms with Crippen LogP contribution in [0.1, 0.15) is 20.7 Å². The Morgan fingerprint density at radius 2 is 1.79 bits per heavy atom. The topological polar surface area (TPSA) is 99.3 Å². The molecule has 0 bridgehead atoms. The van der Waals surface area contributed by atoms with Crippen LogP contribution in [0.3, 0.4) is 0 Å². The zero-order valence-corrected chi connectivity index (χ0v) is 16.3. The van der Waals surface area contributed by atoms with Crippen molar-refractivity contribution in [2.45, 2.75) is 0 Å². The van der Waals surface area contributed by atoms with E-state index >= 15 is 0 Å². The summed E-state index contributed by atoms with van der Waals surface area (Å²) < 4.78 is 0. The molecule has 0 unspecified atom stereocenters. The highest BCUT2D eigenvalue weighted by Crippen LogP contribution is 2.36. The summed E-state index contributed by atoms with van der Waals surface area (Å²) in [7, 11) is 0. The van der Waals surface area contributed by atoms with E-state index in [0.29, 0.717) is 27.1 Å². The van der Waals surface area contributed by atoms with E-state index in [4.69, 9.17) is 11.6 Å². The number of fused-ring (bicyclic) bond motifs is 1. The first-order valence-electron chi connectivity index (χ1n) is 8.48. The number of para-hydroxylation sites is 1. The van der Waals surface area contributed by atoms with Crippen molar-refractivity contribution in [1.29, 1.82) is 0 Å². The number of benzene rings is 2. The molecular formula is C21H13ClN2O4S. The number of hydrogen-bond donors (Lipinski definition) is 3. The maximum absolute atomic E-state index is 12.7. The number of thiophene rings is 1. The van der Waals surface area contributed by atoms with E-state index in [0.717, 1.165) is 11.3 Å². The first kappa shape index (κ1) is 18.9. The molecule has 4 aromatic rings. The first-order chi connectivity index (χ1) is 14.0.